The number of aliphatic hydroxyl groups excluding tert-OH is 1. The Morgan fingerprint density at radius 3 is 2.48 bits per heavy atom. The van der Waals surface area contributed by atoms with Crippen LogP contribution < -0.4 is 16.0 Å². The van der Waals surface area contributed by atoms with Gasteiger partial charge in [-0.05, 0) is 44.6 Å². The fourth-order valence-corrected chi connectivity index (χ4v) is 3.78. The molecule has 1 saturated heterocycles. The second-order valence-electron chi connectivity index (χ2n) is 8.00. The summed E-state index contributed by atoms with van der Waals surface area (Å²) in [4.78, 5) is 32.7. The fraction of sp³-hybridized carbons (Fsp3) is 0.526. The van der Waals surface area contributed by atoms with Crippen molar-refractivity contribution in [3.8, 4) is 0 Å². The summed E-state index contributed by atoms with van der Waals surface area (Å²) in [7, 11) is 0. The molecule has 152 valence electrons. The molecule has 2 amide bonds. The van der Waals surface area contributed by atoms with Crippen molar-refractivity contribution in [2.24, 2.45) is 0 Å². The second-order valence-corrected chi connectivity index (χ2v) is 8.00. The van der Waals surface area contributed by atoms with E-state index >= 15 is 0 Å². The molecule has 0 aromatic carbocycles. The number of anilines is 2. The van der Waals surface area contributed by atoms with E-state index in [1.54, 1.807) is 16.8 Å². The molecular weight excluding hydrogens is 374 g/mol. The summed E-state index contributed by atoms with van der Waals surface area (Å²) in [5, 5.41) is 23.2. The Morgan fingerprint density at radius 1 is 1.07 bits per heavy atom. The summed E-state index contributed by atoms with van der Waals surface area (Å²) in [5.41, 5.74) is 1.63. The van der Waals surface area contributed by atoms with Crippen LogP contribution in [-0.4, -0.2) is 54.7 Å². The largest absolute Gasteiger partial charge is 0.393 e. The van der Waals surface area contributed by atoms with Gasteiger partial charge in [0.05, 0.1) is 18.7 Å². The van der Waals surface area contributed by atoms with Gasteiger partial charge in [0.2, 0.25) is 17.8 Å². The number of imide groups is 1. The van der Waals surface area contributed by atoms with Gasteiger partial charge in [-0.1, -0.05) is 0 Å². The lowest BCUT2D eigenvalue weighted by Crippen LogP contribution is -2.29. The standard InChI is InChI=1S/C19H23N7O3/c27-14-5-3-12(4-6-14)21-18-24-16-11(7-10-8-15(28)23-17(10)29)9-20-26(16)19(25-18)22-13-1-2-13/h7,9,12-14,27H,1-6,8H2,(H,23,28,29)(H2,21,22,24,25)/b10-7+. The molecule has 2 aliphatic carbocycles. The highest BCUT2D eigenvalue weighted by molar-refractivity contribution is 6.15. The third-order valence-corrected chi connectivity index (χ3v) is 5.56. The van der Waals surface area contributed by atoms with E-state index < -0.39 is 0 Å². The average molecular weight is 397 g/mol. The topological polar surface area (TPSA) is 134 Å². The Hall–Kier alpha value is -3.01. The van der Waals surface area contributed by atoms with E-state index in [0.29, 0.717) is 34.7 Å². The van der Waals surface area contributed by atoms with Crippen molar-refractivity contribution >= 4 is 35.4 Å². The third kappa shape index (κ3) is 3.80. The van der Waals surface area contributed by atoms with Crippen LogP contribution in [0.15, 0.2) is 11.8 Å². The van der Waals surface area contributed by atoms with E-state index in [9.17, 15) is 14.7 Å². The van der Waals surface area contributed by atoms with Gasteiger partial charge in [0.25, 0.3) is 5.91 Å². The molecule has 2 saturated carbocycles. The van der Waals surface area contributed by atoms with Crippen LogP contribution in [0.5, 0.6) is 0 Å². The zero-order chi connectivity index (χ0) is 20.0. The number of carbonyl (C=O) groups excluding carboxylic acids is 2. The molecule has 1 aliphatic heterocycles. The molecule has 3 heterocycles. The molecule has 10 heteroatoms. The fourth-order valence-electron chi connectivity index (χ4n) is 3.78. The molecule has 0 unspecified atom stereocenters. The van der Waals surface area contributed by atoms with Gasteiger partial charge in [-0.3, -0.25) is 14.9 Å². The molecule has 4 N–H and O–H groups in total. The van der Waals surface area contributed by atoms with Gasteiger partial charge >= 0.3 is 0 Å². The first-order chi connectivity index (χ1) is 14.0. The van der Waals surface area contributed by atoms with Crippen molar-refractivity contribution < 1.29 is 14.7 Å². The van der Waals surface area contributed by atoms with Crippen LogP contribution in [0.4, 0.5) is 11.9 Å². The van der Waals surface area contributed by atoms with E-state index in [1.165, 1.54) is 0 Å². The van der Waals surface area contributed by atoms with Crippen LogP contribution >= 0.6 is 0 Å². The maximum atomic E-state index is 11.9. The number of nitrogens with one attached hydrogen (secondary N) is 3. The van der Waals surface area contributed by atoms with Gasteiger partial charge in [-0.25, -0.2) is 0 Å². The molecule has 5 rings (SSSR count). The van der Waals surface area contributed by atoms with E-state index in [2.05, 4.69) is 31.0 Å². The quantitative estimate of drug-likeness (QED) is 0.431. The Morgan fingerprint density at radius 2 is 1.79 bits per heavy atom. The molecule has 2 aromatic rings. The van der Waals surface area contributed by atoms with Crippen molar-refractivity contribution in [3.05, 3.63) is 17.3 Å². The van der Waals surface area contributed by atoms with Gasteiger partial charge in [-0.2, -0.15) is 19.6 Å². The molecule has 3 aliphatic rings. The normalized spacial score (nSPS) is 26.2. The minimum absolute atomic E-state index is 0.0595. The van der Waals surface area contributed by atoms with Crippen LogP contribution in [-0.2, 0) is 9.59 Å². The number of fused-ring (bicyclic) bond motifs is 1. The van der Waals surface area contributed by atoms with E-state index in [1.807, 2.05) is 0 Å². The zero-order valence-electron chi connectivity index (χ0n) is 15.9. The lowest BCUT2D eigenvalue weighted by Gasteiger charge is -2.26. The third-order valence-electron chi connectivity index (χ3n) is 5.56. The van der Waals surface area contributed by atoms with E-state index in [0.717, 1.165) is 38.5 Å². The molecule has 0 radical (unpaired) electrons. The number of amides is 2. The molecule has 0 spiro atoms. The number of aromatic nitrogens is 4. The van der Waals surface area contributed by atoms with Gasteiger partial charge in [0.1, 0.15) is 0 Å². The first-order valence-corrected chi connectivity index (χ1v) is 10.1. The minimum Gasteiger partial charge on any atom is -0.393 e. The van der Waals surface area contributed by atoms with Crippen LogP contribution in [0, 0.1) is 0 Å². The summed E-state index contributed by atoms with van der Waals surface area (Å²) in [6.45, 7) is 0. The monoisotopic (exact) mass is 397 g/mol. The number of carbonyl (C=O) groups is 2. The van der Waals surface area contributed by atoms with Crippen molar-refractivity contribution in [2.75, 3.05) is 10.6 Å². The molecular formula is C19H23N7O3. The minimum atomic E-state index is -0.376. The molecule has 0 atom stereocenters. The highest BCUT2D eigenvalue weighted by Crippen LogP contribution is 2.27. The summed E-state index contributed by atoms with van der Waals surface area (Å²) >= 11 is 0. The van der Waals surface area contributed by atoms with Gasteiger partial charge < -0.3 is 15.7 Å². The number of rotatable bonds is 5. The maximum Gasteiger partial charge on any atom is 0.254 e. The number of nitrogens with zero attached hydrogens (tertiary/aromatic N) is 4. The Kier molecular flexibility index (Phi) is 4.42. The summed E-state index contributed by atoms with van der Waals surface area (Å²) < 4.78 is 1.63. The lowest BCUT2D eigenvalue weighted by atomic mass is 9.93. The Labute approximate surface area is 166 Å². The highest BCUT2D eigenvalue weighted by Gasteiger charge is 2.27. The van der Waals surface area contributed by atoms with Crippen LogP contribution in [0.3, 0.4) is 0 Å². The van der Waals surface area contributed by atoms with Crippen molar-refractivity contribution in [3.63, 3.8) is 0 Å². The first-order valence-electron chi connectivity index (χ1n) is 10.1. The van der Waals surface area contributed by atoms with Gasteiger partial charge in [0.15, 0.2) is 5.65 Å². The number of hydrogen-bond donors (Lipinski definition) is 4. The SMILES string of the molecule is O=C1C/C(=C\c2cnn3c(NC4CC4)nc(NC4CCC(O)CC4)nc23)C(=O)N1. The smallest absolute Gasteiger partial charge is 0.254 e. The molecule has 10 nitrogen and oxygen atoms in total. The Balaban J connectivity index is 1.49. The molecule has 0 bridgehead atoms. The van der Waals surface area contributed by atoms with Crippen molar-refractivity contribution in [1.82, 2.24) is 24.9 Å². The Bertz CT molecular complexity index is 1000. The van der Waals surface area contributed by atoms with E-state index in [-0.39, 0.29) is 30.4 Å². The predicted octanol–water partition coefficient (Wildman–Crippen LogP) is 0.844. The molecule has 3 fully saturated rings. The zero-order valence-corrected chi connectivity index (χ0v) is 15.9. The van der Waals surface area contributed by atoms with Crippen molar-refractivity contribution in [2.45, 2.75) is 63.1 Å². The number of aliphatic hydroxyl groups is 1. The lowest BCUT2D eigenvalue weighted by molar-refractivity contribution is -0.124. The first kappa shape index (κ1) is 18.0. The van der Waals surface area contributed by atoms with Crippen LogP contribution in [0.1, 0.15) is 50.5 Å². The summed E-state index contributed by atoms with van der Waals surface area (Å²) in [5.74, 6) is 0.422. The van der Waals surface area contributed by atoms with Crippen molar-refractivity contribution in [1.29, 1.82) is 0 Å². The van der Waals surface area contributed by atoms with Gasteiger partial charge in [0, 0.05) is 23.2 Å². The summed E-state index contributed by atoms with van der Waals surface area (Å²) in [6, 6.07) is 0.590. The molecule has 29 heavy (non-hydrogen) atoms. The highest BCUT2D eigenvalue weighted by atomic mass is 16.3. The van der Waals surface area contributed by atoms with Crippen LogP contribution in [0.2, 0.25) is 0 Å². The summed E-state index contributed by atoms with van der Waals surface area (Å²) in [6.07, 6.45) is 8.56. The number of hydrogen-bond acceptors (Lipinski definition) is 8. The second kappa shape index (κ2) is 7.11. The van der Waals surface area contributed by atoms with Gasteiger partial charge in [-0.15, -0.1) is 0 Å². The maximum absolute atomic E-state index is 11.9. The predicted molar refractivity (Wildman–Crippen MR) is 105 cm³/mol. The average Bonchev–Trinajstić information content (AvgIpc) is 3.33. The van der Waals surface area contributed by atoms with E-state index in [4.69, 9.17) is 0 Å². The van der Waals surface area contributed by atoms with Crippen LogP contribution in [0.25, 0.3) is 11.7 Å². The molecule has 2 aromatic heterocycles.